The van der Waals surface area contributed by atoms with Crippen molar-refractivity contribution in [1.82, 2.24) is 4.90 Å². The smallest absolute Gasteiger partial charge is 0.267 e. The van der Waals surface area contributed by atoms with Gasteiger partial charge in [0.25, 0.3) is 11.8 Å². The van der Waals surface area contributed by atoms with Crippen LogP contribution in [0.25, 0.3) is 5.57 Å². The van der Waals surface area contributed by atoms with Gasteiger partial charge in [0, 0.05) is 10.0 Å². The monoisotopic (exact) mass is 562 g/mol. The van der Waals surface area contributed by atoms with E-state index in [1.807, 2.05) is 49.4 Å². The summed E-state index contributed by atoms with van der Waals surface area (Å²) in [5.74, 6) is -0.709. The third kappa shape index (κ3) is 4.07. The van der Waals surface area contributed by atoms with E-state index in [9.17, 15) is 18.0 Å². The van der Waals surface area contributed by atoms with Crippen molar-refractivity contribution in [3.63, 3.8) is 0 Å². The highest BCUT2D eigenvalue weighted by Gasteiger charge is 2.46. The Morgan fingerprint density at radius 2 is 1.85 bits per heavy atom. The number of fused-ring (bicyclic) bond motifs is 1. The summed E-state index contributed by atoms with van der Waals surface area (Å²) in [5.41, 5.74) is 3.83. The quantitative estimate of drug-likeness (QED) is 0.414. The van der Waals surface area contributed by atoms with E-state index >= 15 is 0 Å². The second-order valence-electron chi connectivity index (χ2n) is 8.34. The van der Waals surface area contributed by atoms with E-state index in [4.69, 9.17) is 12.2 Å². The van der Waals surface area contributed by atoms with Crippen LogP contribution in [0.15, 0.2) is 51.8 Å². The molecule has 3 aliphatic heterocycles. The maximum Gasteiger partial charge on any atom is 0.267 e. The van der Waals surface area contributed by atoms with Crippen molar-refractivity contribution in [2.75, 3.05) is 16.4 Å². The molecule has 0 bridgehead atoms. The predicted molar refractivity (Wildman–Crippen MR) is 138 cm³/mol. The number of carbonyl (C=O) groups excluding carboxylic acids is 2. The Balaban J connectivity index is 1.56. The summed E-state index contributed by atoms with van der Waals surface area (Å²) in [6.45, 7) is 2.38. The number of thiocarbonyl (C=S) groups is 1. The lowest BCUT2D eigenvalue weighted by atomic mass is 10.1. The lowest BCUT2D eigenvalue weighted by Crippen LogP contribution is -2.39. The van der Waals surface area contributed by atoms with Crippen LogP contribution in [0.2, 0.25) is 0 Å². The summed E-state index contributed by atoms with van der Waals surface area (Å²) < 4.78 is 25.0. The molecule has 0 saturated carbocycles. The van der Waals surface area contributed by atoms with Gasteiger partial charge < -0.3 is 4.90 Å². The second-order valence-corrected chi connectivity index (χ2v) is 13.1. The second kappa shape index (κ2) is 8.33. The Labute approximate surface area is 210 Å². The standard InChI is InChI=1S/C23H19BrN2O4S3/c1-13-2-4-14(5-3-13)11-25-18-7-6-15(24)10-17(18)19(21(25)27)20-22(28)26(23(31)32-20)16-8-9-33(29,30)12-16/h2-7,10,16H,8-9,11-12H2,1H3/b20-19-. The third-order valence-electron chi connectivity index (χ3n) is 6.04. The van der Waals surface area contributed by atoms with Crippen molar-refractivity contribution in [2.24, 2.45) is 0 Å². The fraction of sp³-hybridized carbons (Fsp3) is 0.261. The molecule has 5 rings (SSSR count). The number of nitrogens with zero attached hydrogens (tertiary/aromatic N) is 2. The first-order valence-electron chi connectivity index (χ1n) is 10.3. The lowest BCUT2D eigenvalue weighted by Gasteiger charge is -2.21. The number of rotatable bonds is 3. The van der Waals surface area contributed by atoms with Crippen LogP contribution >= 0.6 is 39.9 Å². The van der Waals surface area contributed by atoms with Crippen molar-refractivity contribution >= 4 is 77.1 Å². The van der Waals surface area contributed by atoms with Gasteiger partial charge in [0.15, 0.2) is 9.84 Å². The van der Waals surface area contributed by atoms with E-state index in [0.29, 0.717) is 28.4 Å². The lowest BCUT2D eigenvalue weighted by molar-refractivity contribution is -0.123. The molecular formula is C23H19BrN2O4S3. The number of aryl methyl sites for hydroxylation is 1. The molecule has 2 aromatic carbocycles. The van der Waals surface area contributed by atoms with Crippen molar-refractivity contribution in [2.45, 2.75) is 25.9 Å². The fourth-order valence-electron chi connectivity index (χ4n) is 4.38. The van der Waals surface area contributed by atoms with Crippen LogP contribution in [-0.4, -0.2) is 47.0 Å². The van der Waals surface area contributed by atoms with Crippen LogP contribution in [0.3, 0.4) is 0 Å². The minimum Gasteiger partial charge on any atom is -0.303 e. The maximum atomic E-state index is 13.6. The highest BCUT2D eigenvalue weighted by Crippen LogP contribution is 2.46. The van der Waals surface area contributed by atoms with Crippen LogP contribution in [0.1, 0.15) is 23.1 Å². The van der Waals surface area contributed by atoms with Crippen LogP contribution in [0, 0.1) is 6.92 Å². The third-order valence-corrected chi connectivity index (χ3v) is 9.68. The van der Waals surface area contributed by atoms with Crippen LogP contribution in [0.4, 0.5) is 5.69 Å². The number of hydrogen-bond acceptors (Lipinski definition) is 6. The molecule has 10 heteroatoms. The van der Waals surface area contributed by atoms with Gasteiger partial charge in [-0.15, -0.1) is 0 Å². The number of anilines is 1. The van der Waals surface area contributed by atoms with E-state index < -0.39 is 21.8 Å². The molecule has 0 radical (unpaired) electrons. The van der Waals surface area contributed by atoms with Gasteiger partial charge in [-0.3, -0.25) is 14.5 Å². The summed E-state index contributed by atoms with van der Waals surface area (Å²) >= 11 is 10.0. The van der Waals surface area contributed by atoms with Crippen LogP contribution in [-0.2, 0) is 26.0 Å². The van der Waals surface area contributed by atoms with Crippen molar-refractivity contribution in [3.05, 3.63) is 68.5 Å². The zero-order valence-corrected chi connectivity index (χ0v) is 21.6. The first kappa shape index (κ1) is 22.8. The van der Waals surface area contributed by atoms with Crippen molar-refractivity contribution < 1.29 is 18.0 Å². The van der Waals surface area contributed by atoms with Crippen molar-refractivity contribution in [3.8, 4) is 0 Å². The summed E-state index contributed by atoms with van der Waals surface area (Å²) in [4.78, 5) is 30.4. The number of thioether (sulfide) groups is 1. The first-order valence-corrected chi connectivity index (χ1v) is 14.2. The zero-order valence-electron chi connectivity index (χ0n) is 17.6. The number of carbonyl (C=O) groups is 2. The summed E-state index contributed by atoms with van der Waals surface area (Å²) in [6.07, 6.45) is 0.354. The normalized spacial score (nSPS) is 24.2. The molecule has 0 aliphatic carbocycles. The molecule has 0 spiro atoms. The zero-order chi connectivity index (χ0) is 23.5. The molecule has 0 N–H and O–H groups in total. The maximum absolute atomic E-state index is 13.6. The number of halogens is 1. The minimum absolute atomic E-state index is 0.0413. The molecular weight excluding hydrogens is 544 g/mol. The van der Waals surface area contributed by atoms with Gasteiger partial charge in [0.1, 0.15) is 4.32 Å². The SMILES string of the molecule is Cc1ccc(CN2C(=O)/C(=C3\SC(=S)N(C4CCS(=O)(=O)C4)C3=O)c3cc(Br)ccc32)cc1. The largest absolute Gasteiger partial charge is 0.303 e. The van der Waals surface area contributed by atoms with E-state index in [-0.39, 0.29) is 22.3 Å². The van der Waals surface area contributed by atoms with Gasteiger partial charge in [-0.2, -0.15) is 0 Å². The van der Waals surface area contributed by atoms with Crippen LogP contribution in [0.5, 0.6) is 0 Å². The molecule has 33 heavy (non-hydrogen) atoms. The van der Waals surface area contributed by atoms with Gasteiger partial charge in [-0.25, -0.2) is 8.42 Å². The number of benzene rings is 2. The Bertz CT molecular complexity index is 1350. The van der Waals surface area contributed by atoms with E-state index in [1.165, 1.54) is 4.90 Å². The first-order chi connectivity index (χ1) is 15.6. The van der Waals surface area contributed by atoms with E-state index in [2.05, 4.69) is 15.9 Å². The summed E-state index contributed by atoms with van der Waals surface area (Å²) in [7, 11) is -3.19. The highest BCUT2D eigenvalue weighted by atomic mass is 79.9. The molecule has 0 aromatic heterocycles. The Morgan fingerprint density at radius 3 is 2.52 bits per heavy atom. The molecule has 2 amide bonds. The molecule has 1 atom stereocenters. The number of sulfone groups is 1. The topological polar surface area (TPSA) is 74.8 Å². The summed E-state index contributed by atoms with van der Waals surface area (Å²) in [6, 6.07) is 13.1. The summed E-state index contributed by atoms with van der Waals surface area (Å²) in [5, 5.41) is 0. The molecule has 2 fully saturated rings. The Hall–Kier alpha value is -2.01. The Kier molecular flexibility index (Phi) is 5.75. The average molecular weight is 564 g/mol. The van der Waals surface area contributed by atoms with E-state index in [0.717, 1.165) is 33.0 Å². The molecule has 170 valence electrons. The Morgan fingerprint density at radius 1 is 1.12 bits per heavy atom. The number of amides is 2. The molecule has 3 heterocycles. The molecule has 3 aliphatic rings. The number of hydrogen-bond donors (Lipinski definition) is 0. The molecule has 6 nitrogen and oxygen atoms in total. The van der Waals surface area contributed by atoms with Crippen molar-refractivity contribution in [1.29, 1.82) is 0 Å². The van der Waals surface area contributed by atoms with Gasteiger partial charge in [-0.1, -0.05) is 69.7 Å². The minimum atomic E-state index is -3.19. The van der Waals surface area contributed by atoms with E-state index in [1.54, 1.807) is 4.90 Å². The van der Waals surface area contributed by atoms with Gasteiger partial charge >= 0.3 is 0 Å². The molecule has 1 unspecified atom stereocenters. The average Bonchev–Trinajstić information content (AvgIpc) is 3.34. The molecule has 2 saturated heterocycles. The van der Waals surface area contributed by atoms with Gasteiger partial charge in [0.2, 0.25) is 0 Å². The van der Waals surface area contributed by atoms with Gasteiger partial charge in [-0.05, 0) is 37.1 Å². The molecule has 2 aromatic rings. The fourth-order valence-corrected chi connectivity index (χ4v) is 7.91. The predicted octanol–water partition coefficient (Wildman–Crippen LogP) is 4.06. The van der Waals surface area contributed by atoms with Gasteiger partial charge in [0.05, 0.1) is 40.3 Å². The van der Waals surface area contributed by atoms with Crippen LogP contribution < -0.4 is 4.90 Å². The highest BCUT2D eigenvalue weighted by molar-refractivity contribution is 9.10.